The molecule has 1 saturated heterocycles. The SMILES string of the molecule is Cc1ccc(C(CNC(=O)NCc2cccc(Cl)c2)N2CCOCC2)cc1. The van der Waals surface area contributed by atoms with Gasteiger partial charge in [-0.25, -0.2) is 4.79 Å². The molecule has 1 unspecified atom stereocenters. The van der Waals surface area contributed by atoms with Crippen LogP contribution in [-0.4, -0.2) is 43.8 Å². The lowest BCUT2D eigenvalue weighted by atomic mass is 10.0. The molecule has 0 aromatic heterocycles. The maximum Gasteiger partial charge on any atom is 0.315 e. The number of hydrogen-bond donors (Lipinski definition) is 2. The van der Waals surface area contributed by atoms with Crippen LogP contribution in [0.2, 0.25) is 5.02 Å². The molecule has 1 heterocycles. The molecule has 5 nitrogen and oxygen atoms in total. The van der Waals surface area contributed by atoms with Crippen LogP contribution in [0, 0.1) is 6.92 Å². The summed E-state index contributed by atoms with van der Waals surface area (Å²) < 4.78 is 5.48. The van der Waals surface area contributed by atoms with Gasteiger partial charge in [0.15, 0.2) is 0 Å². The fraction of sp³-hybridized carbons (Fsp3) is 0.381. The highest BCUT2D eigenvalue weighted by Crippen LogP contribution is 2.21. The van der Waals surface area contributed by atoms with Crippen LogP contribution in [0.5, 0.6) is 0 Å². The van der Waals surface area contributed by atoms with Crippen molar-refractivity contribution in [3.8, 4) is 0 Å². The third kappa shape index (κ3) is 5.96. The van der Waals surface area contributed by atoms with Crippen molar-refractivity contribution in [2.75, 3.05) is 32.8 Å². The summed E-state index contributed by atoms with van der Waals surface area (Å²) in [5.41, 5.74) is 3.41. The van der Waals surface area contributed by atoms with Gasteiger partial charge < -0.3 is 15.4 Å². The number of nitrogens with one attached hydrogen (secondary N) is 2. The standard InChI is InChI=1S/C21H26ClN3O2/c1-16-5-7-18(8-6-16)20(25-9-11-27-12-10-25)15-24-21(26)23-14-17-3-2-4-19(22)13-17/h2-8,13,20H,9-12,14-15H2,1H3,(H2,23,24,26). The van der Waals surface area contributed by atoms with E-state index in [1.165, 1.54) is 11.1 Å². The number of amides is 2. The Morgan fingerprint density at radius 1 is 1.15 bits per heavy atom. The van der Waals surface area contributed by atoms with E-state index in [2.05, 4.69) is 46.7 Å². The van der Waals surface area contributed by atoms with E-state index in [0.717, 1.165) is 31.9 Å². The largest absolute Gasteiger partial charge is 0.379 e. The average Bonchev–Trinajstić information content (AvgIpc) is 2.69. The number of aryl methyl sites for hydroxylation is 1. The van der Waals surface area contributed by atoms with Gasteiger partial charge in [-0.1, -0.05) is 53.6 Å². The van der Waals surface area contributed by atoms with Crippen molar-refractivity contribution >= 4 is 17.6 Å². The summed E-state index contributed by atoms with van der Waals surface area (Å²) in [6.07, 6.45) is 0. The first kappa shape index (κ1) is 19.7. The van der Waals surface area contributed by atoms with Gasteiger partial charge in [0.25, 0.3) is 0 Å². The molecule has 0 saturated carbocycles. The van der Waals surface area contributed by atoms with Gasteiger partial charge in [-0.05, 0) is 30.2 Å². The number of ether oxygens (including phenoxy) is 1. The molecule has 0 radical (unpaired) electrons. The van der Waals surface area contributed by atoms with Gasteiger partial charge in [0.2, 0.25) is 0 Å². The Balaban J connectivity index is 1.58. The van der Waals surface area contributed by atoms with E-state index in [9.17, 15) is 4.79 Å². The Morgan fingerprint density at radius 2 is 1.89 bits per heavy atom. The lowest BCUT2D eigenvalue weighted by molar-refractivity contribution is 0.0167. The average molecular weight is 388 g/mol. The number of halogens is 1. The number of morpholine rings is 1. The van der Waals surface area contributed by atoms with Crippen molar-refractivity contribution in [2.45, 2.75) is 19.5 Å². The van der Waals surface area contributed by atoms with Crippen molar-refractivity contribution in [1.29, 1.82) is 0 Å². The van der Waals surface area contributed by atoms with Crippen LogP contribution in [0.1, 0.15) is 22.7 Å². The minimum atomic E-state index is -0.180. The summed E-state index contributed by atoms with van der Waals surface area (Å²) in [5, 5.41) is 6.57. The quantitative estimate of drug-likeness (QED) is 0.797. The zero-order chi connectivity index (χ0) is 19.1. The fourth-order valence-electron chi connectivity index (χ4n) is 3.22. The predicted octanol–water partition coefficient (Wildman–Crippen LogP) is 3.52. The molecule has 27 heavy (non-hydrogen) atoms. The molecule has 2 N–H and O–H groups in total. The number of hydrogen-bond acceptors (Lipinski definition) is 3. The molecule has 1 fully saturated rings. The van der Waals surface area contributed by atoms with Gasteiger partial charge in [0, 0.05) is 31.2 Å². The predicted molar refractivity (Wildman–Crippen MR) is 108 cm³/mol. The molecule has 0 bridgehead atoms. The number of benzene rings is 2. The second kappa shape index (κ2) is 9.74. The summed E-state index contributed by atoms with van der Waals surface area (Å²) in [6.45, 7) is 6.25. The van der Waals surface area contributed by atoms with Crippen molar-refractivity contribution in [3.63, 3.8) is 0 Å². The summed E-state index contributed by atoms with van der Waals surface area (Å²) in [5.74, 6) is 0. The van der Waals surface area contributed by atoms with Gasteiger partial charge in [0.05, 0.1) is 19.3 Å². The van der Waals surface area contributed by atoms with Crippen LogP contribution in [0.4, 0.5) is 4.79 Å². The Morgan fingerprint density at radius 3 is 2.59 bits per heavy atom. The summed E-state index contributed by atoms with van der Waals surface area (Å²) in [7, 11) is 0. The smallest absolute Gasteiger partial charge is 0.315 e. The van der Waals surface area contributed by atoms with Gasteiger partial charge in [0.1, 0.15) is 0 Å². The molecular formula is C21H26ClN3O2. The third-order valence-corrected chi connectivity index (χ3v) is 4.98. The van der Waals surface area contributed by atoms with Crippen LogP contribution >= 0.6 is 11.6 Å². The summed E-state index contributed by atoms with van der Waals surface area (Å²) in [6, 6.07) is 15.9. The Hall–Kier alpha value is -2.08. The lowest BCUT2D eigenvalue weighted by Gasteiger charge is -2.35. The lowest BCUT2D eigenvalue weighted by Crippen LogP contribution is -2.45. The van der Waals surface area contributed by atoms with Crippen LogP contribution in [-0.2, 0) is 11.3 Å². The van der Waals surface area contributed by atoms with E-state index >= 15 is 0 Å². The first-order chi connectivity index (χ1) is 13.1. The number of carbonyl (C=O) groups is 1. The molecule has 0 aliphatic carbocycles. The third-order valence-electron chi connectivity index (χ3n) is 4.75. The zero-order valence-electron chi connectivity index (χ0n) is 15.6. The molecule has 1 atom stereocenters. The van der Waals surface area contributed by atoms with E-state index in [0.29, 0.717) is 18.1 Å². The second-order valence-electron chi connectivity index (χ2n) is 6.77. The van der Waals surface area contributed by atoms with E-state index in [-0.39, 0.29) is 12.1 Å². The first-order valence-electron chi connectivity index (χ1n) is 9.26. The molecule has 1 aliphatic rings. The van der Waals surface area contributed by atoms with Crippen molar-refractivity contribution in [3.05, 3.63) is 70.2 Å². The van der Waals surface area contributed by atoms with Gasteiger partial charge in [-0.2, -0.15) is 0 Å². The second-order valence-corrected chi connectivity index (χ2v) is 7.20. The Labute approximate surface area is 165 Å². The Bertz CT molecular complexity index is 745. The molecule has 2 amide bonds. The van der Waals surface area contributed by atoms with Crippen LogP contribution < -0.4 is 10.6 Å². The van der Waals surface area contributed by atoms with Crippen LogP contribution in [0.3, 0.4) is 0 Å². The van der Waals surface area contributed by atoms with Crippen LogP contribution in [0.25, 0.3) is 0 Å². The minimum absolute atomic E-state index is 0.131. The molecule has 1 aliphatic heterocycles. The van der Waals surface area contributed by atoms with Gasteiger partial charge in [-0.15, -0.1) is 0 Å². The molecule has 3 rings (SSSR count). The topological polar surface area (TPSA) is 53.6 Å². The normalized spacial score (nSPS) is 15.9. The fourth-order valence-corrected chi connectivity index (χ4v) is 3.43. The maximum atomic E-state index is 12.3. The number of urea groups is 1. The van der Waals surface area contributed by atoms with Crippen LogP contribution in [0.15, 0.2) is 48.5 Å². The summed E-state index contributed by atoms with van der Waals surface area (Å²) in [4.78, 5) is 14.6. The molecule has 6 heteroatoms. The summed E-state index contributed by atoms with van der Waals surface area (Å²) >= 11 is 5.98. The molecule has 0 spiro atoms. The maximum absolute atomic E-state index is 12.3. The van der Waals surface area contributed by atoms with E-state index in [1.54, 1.807) is 0 Å². The number of carbonyl (C=O) groups excluding carboxylic acids is 1. The number of rotatable bonds is 6. The molecular weight excluding hydrogens is 362 g/mol. The van der Waals surface area contributed by atoms with Gasteiger partial charge >= 0.3 is 6.03 Å². The van der Waals surface area contributed by atoms with E-state index in [4.69, 9.17) is 16.3 Å². The van der Waals surface area contributed by atoms with E-state index in [1.807, 2.05) is 24.3 Å². The minimum Gasteiger partial charge on any atom is -0.379 e. The number of nitrogens with zero attached hydrogens (tertiary/aromatic N) is 1. The molecule has 2 aromatic rings. The van der Waals surface area contributed by atoms with Gasteiger partial charge in [-0.3, -0.25) is 4.90 Å². The van der Waals surface area contributed by atoms with E-state index < -0.39 is 0 Å². The van der Waals surface area contributed by atoms with Crippen molar-refractivity contribution in [1.82, 2.24) is 15.5 Å². The van der Waals surface area contributed by atoms with Crippen molar-refractivity contribution in [2.24, 2.45) is 0 Å². The first-order valence-corrected chi connectivity index (χ1v) is 9.64. The Kier molecular flexibility index (Phi) is 7.10. The van der Waals surface area contributed by atoms with Crippen molar-refractivity contribution < 1.29 is 9.53 Å². The zero-order valence-corrected chi connectivity index (χ0v) is 16.3. The highest BCUT2D eigenvalue weighted by atomic mass is 35.5. The molecule has 144 valence electrons. The molecule has 2 aromatic carbocycles. The highest BCUT2D eigenvalue weighted by Gasteiger charge is 2.23. The monoisotopic (exact) mass is 387 g/mol. The highest BCUT2D eigenvalue weighted by molar-refractivity contribution is 6.30.